The first-order chi connectivity index (χ1) is 16.1. The van der Waals surface area contributed by atoms with E-state index in [1.165, 1.54) is 96.3 Å². The third-order valence-corrected chi connectivity index (χ3v) is 8.75. The van der Waals surface area contributed by atoms with Crippen LogP contribution in [0.2, 0.25) is 0 Å². The van der Waals surface area contributed by atoms with Gasteiger partial charge in [-0.15, -0.1) is 0 Å². The van der Waals surface area contributed by atoms with Crippen molar-refractivity contribution in [2.75, 3.05) is 26.2 Å². The average Bonchev–Trinajstić information content (AvgIpc) is 2.85. The lowest BCUT2D eigenvalue weighted by atomic mass is 9.68. The van der Waals surface area contributed by atoms with Gasteiger partial charge in [0.05, 0.1) is 6.61 Å². The molecule has 0 aromatic rings. The maximum Gasteiger partial charge on any atom is 0.334 e. The summed E-state index contributed by atoms with van der Waals surface area (Å²) < 4.78 is 5.49. The van der Waals surface area contributed by atoms with Crippen LogP contribution >= 0.6 is 0 Å². The second kappa shape index (κ2) is 16.7. The van der Waals surface area contributed by atoms with Crippen LogP contribution in [0.1, 0.15) is 124 Å². The van der Waals surface area contributed by atoms with Crippen LogP contribution < -0.4 is 0 Å². The van der Waals surface area contributed by atoms with E-state index in [0.29, 0.717) is 18.7 Å². The first-order valence-electron chi connectivity index (χ1n) is 14.6. The maximum absolute atomic E-state index is 12.2. The molecule has 0 spiro atoms. The van der Waals surface area contributed by atoms with Crippen LogP contribution in [-0.2, 0) is 9.53 Å². The number of hydrogen-bond donors (Lipinski definition) is 0. The smallest absolute Gasteiger partial charge is 0.334 e. The van der Waals surface area contributed by atoms with Crippen molar-refractivity contribution in [2.45, 2.75) is 124 Å². The van der Waals surface area contributed by atoms with Crippen LogP contribution in [0, 0.1) is 23.7 Å². The van der Waals surface area contributed by atoms with Gasteiger partial charge in [-0.2, -0.15) is 0 Å². The monoisotopic (exact) mass is 461 g/mol. The van der Waals surface area contributed by atoms with Crippen molar-refractivity contribution in [1.82, 2.24) is 4.90 Å². The van der Waals surface area contributed by atoms with Crippen molar-refractivity contribution in [1.29, 1.82) is 0 Å². The Morgan fingerprint density at radius 1 is 0.758 bits per heavy atom. The normalized spacial score (nSPS) is 25.8. The van der Waals surface area contributed by atoms with Gasteiger partial charge in [0.1, 0.15) is 0 Å². The molecule has 192 valence electrons. The molecule has 0 bridgehead atoms. The highest BCUT2D eigenvalue weighted by molar-refractivity contribution is 5.88. The Morgan fingerprint density at radius 2 is 1.27 bits per heavy atom. The highest BCUT2D eigenvalue weighted by Gasteiger charge is 2.30. The molecule has 0 heterocycles. The summed E-state index contributed by atoms with van der Waals surface area (Å²) >= 11 is 0. The molecule has 0 unspecified atom stereocenters. The zero-order valence-corrected chi connectivity index (χ0v) is 22.4. The molecule has 0 N–H and O–H groups in total. The van der Waals surface area contributed by atoms with E-state index in [1.807, 2.05) is 0 Å². The van der Waals surface area contributed by atoms with Crippen LogP contribution in [-0.4, -0.2) is 37.1 Å². The molecule has 0 aromatic heterocycles. The van der Waals surface area contributed by atoms with Gasteiger partial charge in [-0.3, -0.25) is 4.90 Å². The van der Waals surface area contributed by atoms with Gasteiger partial charge in [-0.1, -0.05) is 91.6 Å². The lowest BCUT2D eigenvalue weighted by Crippen LogP contribution is -2.28. The number of carbonyl (C=O) groups is 1. The van der Waals surface area contributed by atoms with E-state index in [9.17, 15) is 4.79 Å². The summed E-state index contributed by atoms with van der Waals surface area (Å²) in [6.45, 7) is 13.5. The molecule has 0 amide bonds. The molecular formula is C30H55NO2. The first-order valence-corrected chi connectivity index (χ1v) is 14.6. The lowest BCUT2D eigenvalue weighted by Gasteiger charge is -2.38. The fourth-order valence-electron chi connectivity index (χ4n) is 6.35. The van der Waals surface area contributed by atoms with Crippen LogP contribution in [0.15, 0.2) is 12.2 Å². The van der Waals surface area contributed by atoms with E-state index in [4.69, 9.17) is 4.74 Å². The maximum atomic E-state index is 12.2. The number of hydrogen-bond acceptors (Lipinski definition) is 3. The fourth-order valence-corrected chi connectivity index (χ4v) is 6.35. The van der Waals surface area contributed by atoms with Crippen LogP contribution in [0.4, 0.5) is 0 Å². The van der Waals surface area contributed by atoms with Crippen molar-refractivity contribution < 1.29 is 9.53 Å². The third kappa shape index (κ3) is 11.0. The Hall–Kier alpha value is -0.830. The number of carbonyl (C=O) groups excluding carboxylic acids is 1. The third-order valence-electron chi connectivity index (χ3n) is 8.75. The zero-order valence-electron chi connectivity index (χ0n) is 22.4. The van der Waals surface area contributed by atoms with E-state index in [-0.39, 0.29) is 5.97 Å². The predicted molar refractivity (Wildman–Crippen MR) is 141 cm³/mol. The van der Waals surface area contributed by atoms with Crippen LogP contribution in [0.3, 0.4) is 0 Å². The fraction of sp³-hybridized carbons (Fsp3) is 0.900. The molecule has 0 atom stereocenters. The van der Waals surface area contributed by atoms with Gasteiger partial charge in [-0.05, 0) is 75.3 Å². The molecule has 3 heteroatoms. The van der Waals surface area contributed by atoms with Gasteiger partial charge in [0.25, 0.3) is 0 Å². The number of nitrogens with zero attached hydrogens (tertiary/aromatic N) is 1. The van der Waals surface area contributed by atoms with E-state index >= 15 is 0 Å². The first kappa shape index (κ1) is 28.4. The second-order valence-corrected chi connectivity index (χ2v) is 11.1. The molecule has 0 radical (unpaired) electrons. The Labute approximate surface area is 206 Å². The zero-order chi connectivity index (χ0) is 23.9. The van der Waals surface area contributed by atoms with Gasteiger partial charge in [0.15, 0.2) is 0 Å². The Bertz CT molecular complexity index is 525. The molecule has 33 heavy (non-hydrogen) atoms. The molecule has 2 rings (SSSR count). The highest BCUT2D eigenvalue weighted by Crippen LogP contribution is 2.43. The van der Waals surface area contributed by atoms with E-state index < -0.39 is 0 Å². The average molecular weight is 462 g/mol. The van der Waals surface area contributed by atoms with Gasteiger partial charge in [-0.25, -0.2) is 4.79 Å². The number of ether oxygens (including phenoxy) is 1. The molecule has 2 aliphatic rings. The highest BCUT2D eigenvalue weighted by atomic mass is 16.5. The molecule has 2 saturated carbocycles. The molecule has 3 nitrogen and oxygen atoms in total. The predicted octanol–water partition coefficient (Wildman–Crippen LogP) is 8.18. The quantitative estimate of drug-likeness (QED) is 0.132. The van der Waals surface area contributed by atoms with E-state index in [2.05, 4.69) is 32.3 Å². The SMILES string of the molecule is C=C(CN(CC)CC)C(=O)OCCCC1CCC(C2CCC(CCCCCCC)CC2)CC1. The molecule has 2 aliphatic carbocycles. The molecule has 2 fully saturated rings. The number of esters is 1. The van der Waals surface area contributed by atoms with Gasteiger partial charge in [0.2, 0.25) is 0 Å². The summed E-state index contributed by atoms with van der Waals surface area (Å²) in [6.07, 6.45) is 22.6. The molecule has 0 aliphatic heterocycles. The summed E-state index contributed by atoms with van der Waals surface area (Å²) in [5.41, 5.74) is 0.588. The van der Waals surface area contributed by atoms with Crippen LogP contribution in [0.25, 0.3) is 0 Å². The largest absolute Gasteiger partial charge is 0.462 e. The minimum Gasteiger partial charge on any atom is -0.462 e. The summed E-state index contributed by atoms with van der Waals surface area (Å²) in [5.74, 6) is 3.68. The standard InChI is InChI=1S/C30H55NO2/c1-5-8-9-10-11-13-26-15-19-28(20-16-26)29-21-17-27(18-22-29)14-12-23-33-30(32)25(4)24-31(6-2)7-3/h26-29H,4-24H2,1-3H3. The summed E-state index contributed by atoms with van der Waals surface area (Å²) in [6, 6.07) is 0. The van der Waals surface area contributed by atoms with Gasteiger partial charge >= 0.3 is 5.97 Å². The van der Waals surface area contributed by atoms with Gasteiger partial charge in [0, 0.05) is 12.1 Å². The van der Waals surface area contributed by atoms with Gasteiger partial charge < -0.3 is 4.74 Å². The summed E-state index contributed by atoms with van der Waals surface area (Å²) in [4.78, 5) is 14.4. The van der Waals surface area contributed by atoms with Crippen molar-refractivity contribution in [3.8, 4) is 0 Å². The molecule has 0 saturated heterocycles. The van der Waals surface area contributed by atoms with Crippen molar-refractivity contribution >= 4 is 5.97 Å². The summed E-state index contributed by atoms with van der Waals surface area (Å²) in [7, 11) is 0. The Morgan fingerprint density at radius 3 is 1.79 bits per heavy atom. The number of likely N-dealkylation sites (N-methyl/N-ethyl adjacent to an activating group) is 1. The van der Waals surface area contributed by atoms with Crippen LogP contribution in [0.5, 0.6) is 0 Å². The molecule has 0 aromatic carbocycles. The second-order valence-electron chi connectivity index (χ2n) is 11.1. The number of unbranched alkanes of at least 4 members (excludes halogenated alkanes) is 4. The Balaban J connectivity index is 1.51. The van der Waals surface area contributed by atoms with Crippen molar-refractivity contribution in [3.05, 3.63) is 12.2 Å². The van der Waals surface area contributed by atoms with Crippen molar-refractivity contribution in [2.24, 2.45) is 23.7 Å². The topological polar surface area (TPSA) is 29.5 Å². The summed E-state index contributed by atoms with van der Waals surface area (Å²) in [5, 5.41) is 0. The van der Waals surface area contributed by atoms with Crippen molar-refractivity contribution in [3.63, 3.8) is 0 Å². The minimum absolute atomic E-state index is 0.206. The lowest BCUT2D eigenvalue weighted by molar-refractivity contribution is -0.139. The molecular weight excluding hydrogens is 406 g/mol. The van der Waals surface area contributed by atoms with E-state index in [0.717, 1.165) is 43.2 Å². The van der Waals surface area contributed by atoms with E-state index in [1.54, 1.807) is 0 Å². The minimum atomic E-state index is -0.206. The number of rotatable bonds is 16. The Kier molecular flexibility index (Phi) is 14.4.